The van der Waals surface area contributed by atoms with Crippen LogP contribution in [0, 0.1) is 13.8 Å². The van der Waals surface area contributed by atoms with Gasteiger partial charge in [-0.1, -0.05) is 36.9 Å². The first kappa shape index (κ1) is 26.1. The zero-order chi connectivity index (χ0) is 27.7. The maximum atomic E-state index is 14.0. The molecule has 3 aromatic carbocycles. The Bertz CT molecular complexity index is 1640. The fraction of sp³-hybridized carbons (Fsp3) is 0.250. The molecule has 1 aliphatic heterocycles. The lowest BCUT2D eigenvalue weighted by atomic mass is 9.96. The summed E-state index contributed by atoms with van der Waals surface area (Å²) in [4.78, 5) is 29.6. The van der Waals surface area contributed by atoms with E-state index in [-0.39, 0.29) is 17.1 Å². The Morgan fingerprint density at radius 3 is 2.54 bits per heavy atom. The molecular formula is C32H31NO6. The van der Waals surface area contributed by atoms with Crippen molar-refractivity contribution in [1.82, 2.24) is 4.90 Å². The molecule has 0 spiro atoms. The Kier molecular flexibility index (Phi) is 7.15. The Morgan fingerprint density at radius 2 is 1.79 bits per heavy atom. The Hall–Kier alpha value is -4.52. The van der Waals surface area contributed by atoms with Crippen molar-refractivity contribution in [1.29, 1.82) is 0 Å². The topological polar surface area (TPSA) is 78.2 Å². The molecule has 0 bridgehead atoms. The predicted octanol–water partition coefficient (Wildman–Crippen LogP) is 5.78. The fourth-order valence-corrected chi connectivity index (χ4v) is 5.31. The van der Waals surface area contributed by atoms with Gasteiger partial charge in [0, 0.05) is 6.54 Å². The number of nitrogens with zero attached hydrogens (tertiary/aromatic N) is 1. The number of carbonyl (C=O) groups excluding carboxylic acids is 1. The maximum absolute atomic E-state index is 14.0. The van der Waals surface area contributed by atoms with E-state index in [0.29, 0.717) is 53.4 Å². The van der Waals surface area contributed by atoms with Gasteiger partial charge in [0.25, 0.3) is 5.91 Å². The lowest BCUT2D eigenvalue weighted by molar-refractivity contribution is 0.0729. The van der Waals surface area contributed by atoms with E-state index < -0.39 is 6.04 Å². The van der Waals surface area contributed by atoms with Gasteiger partial charge in [0.1, 0.15) is 17.9 Å². The Morgan fingerprint density at radius 1 is 1.00 bits per heavy atom. The van der Waals surface area contributed by atoms with E-state index in [9.17, 15) is 9.59 Å². The molecule has 0 N–H and O–H groups in total. The second-order valence-corrected chi connectivity index (χ2v) is 9.64. The third-order valence-electron chi connectivity index (χ3n) is 7.04. The summed E-state index contributed by atoms with van der Waals surface area (Å²) in [5.74, 6) is 1.65. The molecule has 200 valence electrons. The lowest BCUT2D eigenvalue weighted by Gasteiger charge is -2.25. The molecule has 7 heteroatoms. The van der Waals surface area contributed by atoms with Crippen molar-refractivity contribution < 1.29 is 23.4 Å². The van der Waals surface area contributed by atoms with E-state index in [4.69, 9.17) is 18.6 Å². The van der Waals surface area contributed by atoms with Crippen LogP contribution >= 0.6 is 0 Å². The molecule has 1 aliphatic rings. The van der Waals surface area contributed by atoms with Crippen molar-refractivity contribution in [2.75, 3.05) is 27.4 Å². The summed E-state index contributed by atoms with van der Waals surface area (Å²) in [6, 6.07) is 16.3. The monoisotopic (exact) mass is 525 g/mol. The molecule has 4 aromatic rings. The summed E-state index contributed by atoms with van der Waals surface area (Å²) in [6.07, 6.45) is 2.21. The van der Waals surface area contributed by atoms with Crippen LogP contribution in [0.25, 0.3) is 11.0 Å². The summed E-state index contributed by atoms with van der Waals surface area (Å²) in [7, 11) is 3.18. The van der Waals surface area contributed by atoms with Crippen molar-refractivity contribution in [2.24, 2.45) is 0 Å². The van der Waals surface area contributed by atoms with Gasteiger partial charge >= 0.3 is 0 Å². The number of ether oxygens (including phenoxy) is 3. The number of benzene rings is 3. The maximum Gasteiger partial charge on any atom is 0.290 e. The second-order valence-electron chi connectivity index (χ2n) is 9.64. The molecular weight excluding hydrogens is 494 g/mol. The minimum absolute atomic E-state index is 0.0900. The summed E-state index contributed by atoms with van der Waals surface area (Å²) in [5, 5.41) is 0.498. The van der Waals surface area contributed by atoms with E-state index in [0.717, 1.165) is 22.3 Å². The molecule has 0 aliphatic carbocycles. The molecule has 7 nitrogen and oxygen atoms in total. The van der Waals surface area contributed by atoms with Gasteiger partial charge in [0.15, 0.2) is 16.9 Å². The molecule has 1 aromatic heterocycles. The van der Waals surface area contributed by atoms with Crippen molar-refractivity contribution in [3.05, 3.63) is 111 Å². The lowest BCUT2D eigenvalue weighted by Crippen LogP contribution is -2.31. The highest BCUT2D eigenvalue weighted by Crippen LogP contribution is 2.40. The van der Waals surface area contributed by atoms with Gasteiger partial charge in [0.2, 0.25) is 5.76 Å². The highest BCUT2D eigenvalue weighted by molar-refractivity contribution is 5.99. The number of hydrogen-bond donors (Lipinski definition) is 0. The molecule has 1 amide bonds. The number of rotatable bonds is 9. The van der Waals surface area contributed by atoms with E-state index in [1.54, 1.807) is 25.2 Å². The summed E-state index contributed by atoms with van der Waals surface area (Å²) < 4.78 is 22.8. The molecule has 0 radical (unpaired) electrons. The SMILES string of the molecule is C=CCOc1cccc(C2c3c(oc4cc(C)cc(C)c4c3=O)C(=O)N2CCc2ccc(OC)c(OC)c2)c1. The van der Waals surface area contributed by atoms with Crippen LogP contribution in [0.3, 0.4) is 0 Å². The average Bonchev–Trinajstić information content (AvgIpc) is 3.21. The highest BCUT2D eigenvalue weighted by atomic mass is 16.5. The molecule has 0 saturated carbocycles. The molecule has 2 heterocycles. The zero-order valence-electron chi connectivity index (χ0n) is 22.6. The first-order valence-corrected chi connectivity index (χ1v) is 12.8. The van der Waals surface area contributed by atoms with Crippen LogP contribution in [-0.2, 0) is 6.42 Å². The van der Waals surface area contributed by atoms with Crippen LogP contribution in [0.5, 0.6) is 17.2 Å². The van der Waals surface area contributed by atoms with Gasteiger partial charge in [-0.2, -0.15) is 0 Å². The van der Waals surface area contributed by atoms with E-state index in [2.05, 4.69) is 6.58 Å². The molecule has 1 unspecified atom stereocenters. The Labute approximate surface area is 227 Å². The normalized spacial score (nSPS) is 14.4. The third-order valence-corrected chi connectivity index (χ3v) is 7.04. The fourth-order valence-electron chi connectivity index (χ4n) is 5.31. The Balaban J connectivity index is 1.61. The summed E-state index contributed by atoms with van der Waals surface area (Å²) in [6.45, 7) is 8.24. The van der Waals surface area contributed by atoms with Crippen LogP contribution in [0.1, 0.15) is 44.4 Å². The predicted molar refractivity (Wildman–Crippen MR) is 150 cm³/mol. The van der Waals surface area contributed by atoms with Gasteiger partial charge < -0.3 is 23.5 Å². The third kappa shape index (κ3) is 4.76. The molecule has 5 rings (SSSR count). The largest absolute Gasteiger partial charge is 0.493 e. The van der Waals surface area contributed by atoms with Crippen molar-refractivity contribution in [2.45, 2.75) is 26.3 Å². The van der Waals surface area contributed by atoms with Crippen LogP contribution < -0.4 is 19.6 Å². The first-order valence-electron chi connectivity index (χ1n) is 12.8. The number of methoxy groups -OCH3 is 2. The van der Waals surface area contributed by atoms with Crippen molar-refractivity contribution in [3.8, 4) is 17.2 Å². The van der Waals surface area contributed by atoms with Crippen LogP contribution in [-0.4, -0.2) is 38.2 Å². The molecule has 0 fully saturated rings. The van der Waals surface area contributed by atoms with Crippen LogP contribution in [0.15, 0.2) is 76.5 Å². The van der Waals surface area contributed by atoms with E-state index in [1.165, 1.54) is 0 Å². The van der Waals surface area contributed by atoms with Gasteiger partial charge in [0.05, 0.1) is 31.2 Å². The number of amides is 1. The van der Waals surface area contributed by atoms with Gasteiger partial charge in [-0.15, -0.1) is 0 Å². The van der Waals surface area contributed by atoms with Gasteiger partial charge in [-0.25, -0.2) is 0 Å². The first-order chi connectivity index (χ1) is 18.9. The van der Waals surface area contributed by atoms with Crippen molar-refractivity contribution in [3.63, 3.8) is 0 Å². The van der Waals surface area contributed by atoms with Crippen LogP contribution in [0.2, 0.25) is 0 Å². The highest BCUT2D eigenvalue weighted by Gasteiger charge is 2.42. The standard InChI is InChI=1S/C32H31NO6/c1-6-14-38-23-9-7-8-22(18-23)29-28-30(34)27-20(3)15-19(2)16-26(27)39-31(28)32(35)33(29)13-12-21-10-11-24(36-4)25(17-21)37-5/h6-11,15-18,29H,1,12-14H2,2-5H3. The minimum Gasteiger partial charge on any atom is -0.493 e. The molecule has 1 atom stereocenters. The summed E-state index contributed by atoms with van der Waals surface area (Å²) in [5.41, 5.74) is 4.11. The average molecular weight is 526 g/mol. The second kappa shape index (κ2) is 10.7. The van der Waals surface area contributed by atoms with Crippen molar-refractivity contribution >= 4 is 16.9 Å². The van der Waals surface area contributed by atoms with Gasteiger partial charge in [-0.3, -0.25) is 9.59 Å². The summed E-state index contributed by atoms with van der Waals surface area (Å²) >= 11 is 0. The minimum atomic E-state index is -0.624. The van der Waals surface area contributed by atoms with Gasteiger partial charge in [-0.05, 0) is 72.9 Å². The smallest absolute Gasteiger partial charge is 0.290 e. The zero-order valence-corrected chi connectivity index (χ0v) is 22.6. The number of fused-ring (bicyclic) bond motifs is 2. The van der Waals surface area contributed by atoms with E-state index in [1.807, 2.05) is 68.4 Å². The van der Waals surface area contributed by atoms with E-state index >= 15 is 0 Å². The number of hydrogen-bond acceptors (Lipinski definition) is 6. The quantitative estimate of drug-likeness (QED) is 0.258. The van der Waals surface area contributed by atoms with Crippen LogP contribution in [0.4, 0.5) is 0 Å². The molecule has 0 saturated heterocycles. The number of aryl methyl sites for hydroxylation is 2. The number of carbonyl (C=O) groups is 1. The molecule has 39 heavy (non-hydrogen) atoms.